The van der Waals surface area contributed by atoms with Crippen molar-refractivity contribution in [3.05, 3.63) is 23.8 Å². The summed E-state index contributed by atoms with van der Waals surface area (Å²) >= 11 is 0. The molecule has 1 aromatic carbocycles. The maximum absolute atomic E-state index is 12.3. The molecule has 0 aliphatic rings. The summed E-state index contributed by atoms with van der Waals surface area (Å²) in [6.45, 7) is 4.54. The van der Waals surface area contributed by atoms with Crippen LogP contribution in [0.25, 0.3) is 0 Å². The van der Waals surface area contributed by atoms with Crippen LogP contribution in [0.1, 0.15) is 25.8 Å². The molecular formula is C16H26N2O3. The largest absolute Gasteiger partial charge is 0.493 e. The zero-order valence-electron chi connectivity index (χ0n) is 13.6. The van der Waals surface area contributed by atoms with E-state index in [1.54, 1.807) is 26.2 Å². The SMILES string of the molecule is COc1cccc(CN(C)C(=O)C(N)CC(C)C)c1OC. The van der Waals surface area contributed by atoms with Crippen LogP contribution >= 0.6 is 0 Å². The summed E-state index contributed by atoms with van der Waals surface area (Å²) in [7, 11) is 4.93. The van der Waals surface area contributed by atoms with E-state index in [2.05, 4.69) is 13.8 Å². The van der Waals surface area contributed by atoms with Gasteiger partial charge in [0.15, 0.2) is 11.5 Å². The van der Waals surface area contributed by atoms with Crippen molar-refractivity contribution in [1.29, 1.82) is 0 Å². The second kappa shape index (κ2) is 7.88. The molecule has 0 saturated heterocycles. The van der Waals surface area contributed by atoms with Gasteiger partial charge in [-0.25, -0.2) is 0 Å². The minimum atomic E-state index is -0.466. The Morgan fingerprint density at radius 2 is 1.95 bits per heavy atom. The van der Waals surface area contributed by atoms with E-state index in [-0.39, 0.29) is 5.91 Å². The maximum Gasteiger partial charge on any atom is 0.239 e. The van der Waals surface area contributed by atoms with Crippen molar-refractivity contribution in [3.8, 4) is 11.5 Å². The zero-order chi connectivity index (χ0) is 16.0. The Hall–Kier alpha value is -1.75. The molecule has 1 atom stereocenters. The van der Waals surface area contributed by atoms with Crippen molar-refractivity contribution in [2.24, 2.45) is 11.7 Å². The summed E-state index contributed by atoms with van der Waals surface area (Å²) < 4.78 is 10.6. The molecule has 0 aliphatic heterocycles. The second-order valence-corrected chi connectivity index (χ2v) is 5.58. The highest BCUT2D eigenvalue weighted by Crippen LogP contribution is 2.31. The lowest BCUT2D eigenvalue weighted by Crippen LogP contribution is -2.42. The highest BCUT2D eigenvalue weighted by Gasteiger charge is 2.20. The number of carbonyl (C=O) groups excluding carboxylic acids is 1. The Kier molecular flexibility index (Phi) is 6.49. The van der Waals surface area contributed by atoms with Gasteiger partial charge in [-0.05, 0) is 18.4 Å². The molecule has 0 radical (unpaired) electrons. The number of hydrogen-bond acceptors (Lipinski definition) is 4. The zero-order valence-corrected chi connectivity index (χ0v) is 13.6. The Bertz CT molecular complexity index is 475. The van der Waals surface area contributed by atoms with Crippen molar-refractivity contribution < 1.29 is 14.3 Å². The van der Waals surface area contributed by atoms with Crippen LogP contribution < -0.4 is 15.2 Å². The monoisotopic (exact) mass is 294 g/mol. The van der Waals surface area contributed by atoms with Crippen molar-refractivity contribution >= 4 is 5.91 Å². The number of amides is 1. The number of carbonyl (C=O) groups is 1. The van der Waals surface area contributed by atoms with E-state index in [4.69, 9.17) is 15.2 Å². The van der Waals surface area contributed by atoms with Gasteiger partial charge in [-0.1, -0.05) is 26.0 Å². The molecule has 0 heterocycles. The molecule has 1 rings (SSSR count). The van der Waals surface area contributed by atoms with E-state index in [9.17, 15) is 4.79 Å². The second-order valence-electron chi connectivity index (χ2n) is 5.58. The van der Waals surface area contributed by atoms with Gasteiger partial charge in [0.05, 0.1) is 20.3 Å². The van der Waals surface area contributed by atoms with Crippen molar-refractivity contribution in [3.63, 3.8) is 0 Å². The molecule has 5 heteroatoms. The van der Waals surface area contributed by atoms with Gasteiger partial charge in [0.2, 0.25) is 5.91 Å². The molecule has 0 saturated carbocycles. The van der Waals surface area contributed by atoms with Crippen LogP contribution in [0.15, 0.2) is 18.2 Å². The number of nitrogens with zero attached hydrogens (tertiary/aromatic N) is 1. The van der Waals surface area contributed by atoms with Crippen molar-refractivity contribution in [2.75, 3.05) is 21.3 Å². The third kappa shape index (κ3) is 4.63. The van der Waals surface area contributed by atoms with E-state index >= 15 is 0 Å². The van der Waals surface area contributed by atoms with Crippen molar-refractivity contribution in [1.82, 2.24) is 4.90 Å². The van der Waals surface area contributed by atoms with Crippen LogP contribution in [0.5, 0.6) is 11.5 Å². The molecule has 0 aromatic heterocycles. The fourth-order valence-corrected chi connectivity index (χ4v) is 2.30. The first kappa shape index (κ1) is 17.3. The fraction of sp³-hybridized carbons (Fsp3) is 0.562. The highest BCUT2D eigenvalue weighted by molar-refractivity contribution is 5.81. The van der Waals surface area contributed by atoms with Crippen LogP contribution in [0.2, 0.25) is 0 Å². The number of para-hydroxylation sites is 1. The number of rotatable bonds is 7. The number of benzene rings is 1. The van der Waals surface area contributed by atoms with E-state index < -0.39 is 6.04 Å². The molecule has 5 nitrogen and oxygen atoms in total. The minimum absolute atomic E-state index is 0.0615. The van der Waals surface area contributed by atoms with Crippen LogP contribution in [0, 0.1) is 5.92 Å². The number of hydrogen-bond donors (Lipinski definition) is 1. The summed E-state index contributed by atoms with van der Waals surface area (Å²) in [5.41, 5.74) is 6.85. The first-order valence-corrected chi connectivity index (χ1v) is 7.11. The van der Waals surface area contributed by atoms with Gasteiger partial charge in [0.1, 0.15) is 0 Å². The summed E-state index contributed by atoms with van der Waals surface area (Å²) in [4.78, 5) is 13.9. The molecule has 1 unspecified atom stereocenters. The average Bonchev–Trinajstić information content (AvgIpc) is 2.45. The predicted molar refractivity (Wildman–Crippen MR) is 83.5 cm³/mol. The molecule has 0 bridgehead atoms. The maximum atomic E-state index is 12.3. The predicted octanol–water partition coefficient (Wildman–Crippen LogP) is 2.04. The van der Waals surface area contributed by atoms with E-state index in [1.165, 1.54) is 0 Å². The highest BCUT2D eigenvalue weighted by atomic mass is 16.5. The summed E-state index contributed by atoms with van der Waals surface area (Å²) in [6.07, 6.45) is 0.679. The number of methoxy groups -OCH3 is 2. The molecule has 1 aromatic rings. The molecule has 1 amide bonds. The Balaban J connectivity index is 2.83. The summed E-state index contributed by atoms with van der Waals surface area (Å²) in [6, 6.07) is 5.16. The molecule has 0 fully saturated rings. The van der Waals surface area contributed by atoms with E-state index in [0.717, 1.165) is 5.56 Å². The third-order valence-corrected chi connectivity index (χ3v) is 3.31. The third-order valence-electron chi connectivity index (χ3n) is 3.31. The van der Waals surface area contributed by atoms with Gasteiger partial charge >= 0.3 is 0 Å². The normalized spacial score (nSPS) is 12.1. The minimum Gasteiger partial charge on any atom is -0.493 e. The summed E-state index contributed by atoms with van der Waals surface area (Å²) in [5.74, 6) is 1.64. The molecule has 2 N–H and O–H groups in total. The van der Waals surface area contributed by atoms with Gasteiger partial charge in [0, 0.05) is 19.2 Å². The lowest BCUT2D eigenvalue weighted by Gasteiger charge is -2.23. The first-order chi connectivity index (χ1) is 9.90. The Morgan fingerprint density at radius 1 is 1.29 bits per heavy atom. The lowest BCUT2D eigenvalue weighted by atomic mass is 10.0. The van der Waals surface area contributed by atoms with E-state index in [1.807, 2.05) is 18.2 Å². The standard InChI is InChI=1S/C16H26N2O3/c1-11(2)9-13(17)16(19)18(3)10-12-7-6-8-14(20-4)15(12)21-5/h6-8,11,13H,9-10,17H2,1-5H3. The topological polar surface area (TPSA) is 64.8 Å². The quantitative estimate of drug-likeness (QED) is 0.836. The molecule has 21 heavy (non-hydrogen) atoms. The molecular weight excluding hydrogens is 268 g/mol. The van der Waals surface area contributed by atoms with E-state index in [0.29, 0.717) is 30.4 Å². The average molecular weight is 294 g/mol. The molecule has 0 spiro atoms. The smallest absolute Gasteiger partial charge is 0.239 e. The van der Waals surface area contributed by atoms with Crippen molar-refractivity contribution in [2.45, 2.75) is 32.9 Å². The molecule has 118 valence electrons. The number of ether oxygens (including phenoxy) is 2. The molecule has 0 aliphatic carbocycles. The van der Waals surface area contributed by atoms with Crippen LogP contribution in [0.4, 0.5) is 0 Å². The first-order valence-electron chi connectivity index (χ1n) is 7.11. The Morgan fingerprint density at radius 3 is 2.48 bits per heavy atom. The number of nitrogens with two attached hydrogens (primary N) is 1. The van der Waals surface area contributed by atoms with Crippen LogP contribution in [-0.2, 0) is 11.3 Å². The van der Waals surface area contributed by atoms with Gasteiger partial charge in [-0.2, -0.15) is 0 Å². The number of likely N-dealkylation sites (N-methyl/N-ethyl adjacent to an activating group) is 1. The fourth-order valence-electron chi connectivity index (χ4n) is 2.30. The van der Waals surface area contributed by atoms with Gasteiger partial charge in [-0.15, -0.1) is 0 Å². The Labute approximate surface area is 127 Å². The van der Waals surface area contributed by atoms with Gasteiger partial charge < -0.3 is 20.1 Å². The van der Waals surface area contributed by atoms with Gasteiger partial charge in [0.25, 0.3) is 0 Å². The lowest BCUT2D eigenvalue weighted by molar-refractivity contribution is -0.132. The van der Waals surface area contributed by atoms with Crippen LogP contribution in [0.3, 0.4) is 0 Å². The summed E-state index contributed by atoms with van der Waals surface area (Å²) in [5, 5.41) is 0. The van der Waals surface area contributed by atoms with Gasteiger partial charge in [-0.3, -0.25) is 4.79 Å². The van der Waals surface area contributed by atoms with Crippen LogP contribution in [-0.4, -0.2) is 38.1 Å².